The molecule has 0 saturated heterocycles. The lowest BCUT2D eigenvalue weighted by Crippen LogP contribution is -2.20. The minimum absolute atomic E-state index is 0.114. The maximum absolute atomic E-state index is 2.36. The van der Waals surface area contributed by atoms with Gasteiger partial charge in [-0.25, -0.2) is 0 Å². The van der Waals surface area contributed by atoms with E-state index in [1.54, 1.807) is 0 Å². The zero-order valence-electron chi connectivity index (χ0n) is 12.4. The van der Waals surface area contributed by atoms with Crippen LogP contribution in [0.15, 0.2) is 88.7 Å². The Kier molecular flexibility index (Phi) is 4.62. The van der Waals surface area contributed by atoms with Gasteiger partial charge in [-0.05, 0) is 42.3 Å². The molecule has 106 valence electrons. The summed E-state index contributed by atoms with van der Waals surface area (Å²) in [4.78, 5) is 2.88. The molecular weight excluding hydrogens is 272 g/mol. The predicted octanol–water partition coefficient (Wildman–Crippen LogP) is 5.17. The zero-order valence-corrected chi connectivity index (χ0v) is 13.2. The highest BCUT2D eigenvalue weighted by Crippen LogP contribution is 2.31. The van der Waals surface area contributed by atoms with Gasteiger partial charge in [-0.2, -0.15) is 0 Å². The second-order valence-electron chi connectivity index (χ2n) is 5.24. The zero-order chi connectivity index (χ0) is 14.5. The first-order chi connectivity index (χ1) is 10.4. The topological polar surface area (TPSA) is 0 Å². The van der Waals surface area contributed by atoms with E-state index in [0.29, 0.717) is 5.25 Å². The highest BCUT2D eigenvalue weighted by atomic mass is 32.2. The first kappa shape index (κ1) is 14.2. The van der Waals surface area contributed by atoms with Crippen molar-refractivity contribution in [3.63, 3.8) is 0 Å². The minimum Gasteiger partial charge on any atom is -0.0792 e. The van der Waals surface area contributed by atoms with E-state index in [-0.39, 0.29) is 10.9 Å². The fourth-order valence-corrected chi connectivity index (χ4v) is 5.06. The molecule has 0 radical (unpaired) electrons. The van der Waals surface area contributed by atoms with Crippen molar-refractivity contribution < 1.29 is 0 Å². The van der Waals surface area contributed by atoms with Crippen LogP contribution in [-0.4, -0.2) is 5.25 Å². The molecule has 2 atom stereocenters. The van der Waals surface area contributed by atoms with Crippen LogP contribution < -0.4 is 0 Å². The average molecular weight is 293 g/mol. The van der Waals surface area contributed by atoms with E-state index in [9.17, 15) is 0 Å². The molecule has 0 saturated carbocycles. The van der Waals surface area contributed by atoms with Gasteiger partial charge < -0.3 is 0 Å². The lowest BCUT2D eigenvalue weighted by molar-refractivity contribution is 1.03. The average Bonchev–Trinajstić information content (AvgIpc) is 2.58. The molecule has 3 rings (SSSR count). The van der Waals surface area contributed by atoms with Gasteiger partial charge in [0.05, 0.1) is 10.9 Å². The molecule has 0 N–H and O–H groups in total. The van der Waals surface area contributed by atoms with Gasteiger partial charge in [0, 0.05) is 6.42 Å². The van der Waals surface area contributed by atoms with Gasteiger partial charge in [0.2, 0.25) is 0 Å². The highest BCUT2D eigenvalue weighted by Gasteiger charge is 2.33. The Bertz CT molecular complexity index is 623. The van der Waals surface area contributed by atoms with Crippen molar-refractivity contribution in [1.82, 2.24) is 0 Å². The molecule has 0 aromatic heterocycles. The first-order valence-electron chi connectivity index (χ1n) is 7.59. The largest absolute Gasteiger partial charge is 0.161 e. The van der Waals surface area contributed by atoms with Crippen LogP contribution in [0.4, 0.5) is 0 Å². The second kappa shape index (κ2) is 6.82. The van der Waals surface area contributed by atoms with E-state index in [4.69, 9.17) is 0 Å². The van der Waals surface area contributed by atoms with Crippen molar-refractivity contribution in [2.75, 3.05) is 0 Å². The molecule has 21 heavy (non-hydrogen) atoms. The van der Waals surface area contributed by atoms with Crippen LogP contribution in [0, 0.1) is 0 Å². The van der Waals surface area contributed by atoms with Gasteiger partial charge in [-0.3, -0.25) is 0 Å². The van der Waals surface area contributed by atoms with Gasteiger partial charge >= 0.3 is 0 Å². The molecule has 2 unspecified atom stereocenters. The summed E-state index contributed by atoms with van der Waals surface area (Å²) in [6, 6.07) is 20.1. The molecule has 2 aromatic rings. The van der Waals surface area contributed by atoms with Gasteiger partial charge in [0.15, 0.2) is 15.0 Å². The van der Waals surface area contributed by atoms with Crippen molar-refractivity contribution in [3.05, 3.63) is 84.5 Å². The summed E-state index contributed by atoms with van der Waals surface area (Å²) in [5.74, 6) is 0. The number of hydrogen-bond acceptors (Lipinski definition) is 0. The fraction of sp³-hybridized carbons (Fsp3) is 0.200. The summed E-state index contributed by atoms with van der Waals surface area (Å²) in [6.07, 6.45) is 11.2. The smallest absolute Gasteiger partial charge is 0.0792 e. The maximum atomic E-state index is 2.36. The van der Waals surface area contributed by atoms with Gasteiger partial charge in [-0.15, -0.1) is 0 Å². The number of benzene rings is 2. The van der Waals surface area contributed by atoms with Crippen LogP contribution in [-0.2, 0) is 17.3 Å². The maximum Gasteiger partial charge on any atom is 0.161 e. The van der Waals surface area contributed by atoms with E-state index < -0.39 is 0 Å². The molecule has 1 aliphatic rings. The quantitative estimate of drug-likeness (QED) is 0.682. The predicted molar refractivity (Wildman–Crippen MR) is 92.8 cm³/mol. The molecule has 1 aliphatic carbocycles. The number of aryl methyl sites for hydroxylation is 1. The molecular formula is C20H21S+. The van der Waals surface area contributed by atoms with E-state index >= 15 is 0 Å². The van der Waals surface area contributed by atoms with Crippen molar-refractivity contribution in [3.8, 4) is 0 Å². The molecule has 0 spiro atoms. The molecule has 0 fully saturated rings. The molecule has 2 aromatic carbocycles. The molecule has 0 amide bonds. The van der Waals surface area contributed by atoms with E-state index in [1.165, 1.54) is 15.4 Å². The van der Waals surface area contributed by atoms with E-state index in [1.807, 2.05) is 0 Å². The summed E-state index contributed by atoms with van der Waals surface area (Å²) in [6.45, 7) is 2.21. The number of hydrogen-bond donors (Lipinski definition) is 0. The molecule has 0 nitrogen and oxygen atoms in total. The summed E-state index contributed by atoms with van der Waals surface area (Å²) in [5.41, 5.74) is 1.41. The van der Waals surface area contributed by atoms with Crippen molar-refractivity contribution in [1.29, 1.82) is 0 Å². The van der Waals surface area contributed by atoms with Gasteiger partial charge in [0.25, 0.3) is 0 Å². The Hall–Kier alpha value is -1.73. The van der Waals surface area contributed by atoms with Crippen molar-refractivity contribution >= 4 is 10.9 Å². The molecule has 0 bridgehead atoms. The van der Waals surface area contributed by atoms with Crippen LogP contribution in [0.5, 0.6) is 0 Å². The standard InChI is InChI=1S/C20H21S/c1-2-17-13-15-20(16-14-17)21(18-9-5-3-6-10-18)19-11-7-4-8-12-19/h3-11,13-16,19H,2,12H2,1H3/q+1. The molecule has 0 aliphatic heterocycles. The van der Waals surface area contributed by atoms with Crippen LogP contribution in [0.3, 0.4) is 0 Å². The van der Waals surface area contributed by atoms with E-state index in [0.717, 1.165) is 12.8 Å². The van der Waals surface area contributed by atoms with E-state index in [2.05, 4.69) is 85.8 Å². The van der Waals surface area contributed by atoms with Crippen LogP contribution >= 0.6 is 0 Å². The second-order valence-corrected chi connectivity index (χ2v) is 7.46. The summed E-state index contributed by atoms with van der Waals surface area (Å²) >= 11 is 0. The monoisotopic (exact) mass is 293 g/mol. The van der Waals surface area contributed by atoms with Gasteiger partial charge in [0.1, 0.15) is 0 Å². The first-order valence-corrected chi connectivity index (χ1v) is 8.87. The van der Waals surface area contributed by atoms with Crippen LogP contribution in [0.1, 0.15) is 18.9 Å². The van der Waals surface area contributed by atoms with Crippen LogP contribution in [0.25, 0.3) is 0 Å². The third-order valence-corrected chi connectivity index (χ3v) is 6.34. The number of rotatable bonds is 4. The van der Waals surface area contributed by atoms with Crippen molar-refractivity contribution in [2.45, 2.75) is 34.8 Å². The van der Waals surface area contributed by atoms with Crippen molar-refractivity contribution in [2.24, 2.45) is 0 Å². The summed E-state index contributed by atoms with van der Waals surface area (Å²) < 4.78 is 0. The Balaban J connectivity index is 1.98. The Morgan fingerprint density at radius 1 is 0.905 bits per heavy atom. The van der Waals surface area contributed by atoms with Gasteiger partial charge in [-0.1, -0.05) is 55.5 Å². The highest BCUT2D eigenvalue weighted by molar-refractivity contribution is 7.97. The minimum atomic E-state index is 0.114. The number of allylic oxidation sites excluding steroid dienone is 3. The van der Waals surface area contributed by atoms with Crippen LogP contribution in [0.2, 0.25) is 0 Å². The Morgan fingerprint density at radius 2 is 1.62 bits per heavy atom. The fourth-order valence-electron chi connectivity index (χ4n) is 2.66. The third-order valence-electron chi connectivity index (χ3n) is 3.83. The SMILES string of the molecule is CCc1ccc([S+](c2ccccc2)C2C=CC=CC2)cc1. The third kappa shape index (κ3) is 3.30. The molecule has 0 heterocycles. The lowest BCUT2D eigenvalue weighted by atomic mass is 10.2. The Labute approximate surface area is 130 Å². The normalized spacial score (nSPS) is 18.6. The summed E-state index contributed by atoms with van der Waals surface area (Å²) in [5, 5.41) is 0.574. The molecule has 1 heteroatoms. The lowest BCUT2D eigenvalue weighted by Gasteiger charge is -2.16. The Morgan fingerprint density at radius 3 is 2.24 bits per heavy atom. The summed E-state index contributed by atoms with van der Waals surface area (Å²) in [7, 11) is 0.114.